The fraction of sp³-hybridized carbons (Fsp3) is 0.500. The molecule has 3 aliphatic heterocycles. The monoisotopic (exact) mass is 617 g/mol. The Morgan fingerprint density at radius 2 is 1.72 bits per heavy atom. The van der Waals surface area contributed by atoms with Crippen LogP contribution in [0.4, 0.5) is 30.6 Å². The molecule has 0 aromatic heterocycles. The van der Waals surface area contributed by atoms with Crippen LogP contribution in [0.25, 0.3) is 0 Å². The first-order valence-corrected chi connectivity index (χ1v) is 15.0. The van der Waals surface area contributed by atoms with Crippen molar-refractivity contribution in [2.24, 2.45) is 0 Å². The van der Waals surface area contributed by atoms with Crippen molar-refractivity contribution in [3.8, 4) is 0 Å². The molecule has 0 unspecified atom stereocenters. The second-order valence-electron chi connectivity index (χ2n) is 10.7. The molecule has 13 heteroatoms. The van der Waals surface area contributed by atoms with E-state index in [0.29, 0.717) is 43.8 Å². The first-order chi connectivity index (χ1) is 20.8. The third-order valence-corrected chi connectivity index (χ3v) is 8.29. The van der Waals surface area contributed by atoms with E-state index in [4.69, 9.17) is 26.4 Å². The Hall–Kier alpha value is -3.55. The second-order valence-corrected chi connectivity index (χ2v) is 11.2. The summed E-state index contributed by atoms with van der Waals surface area (Å²) in [6.45, 7) is 4.49. The van der Waals surface area contributed by atoms with E-state index in [9.17, 15) is 9.59 Å². The van der Waals surface area contributed by atoms with Crippen LogP contribution in [0.3, 0.4) is 0 Å². The van der Waals surface area contributed by atoms with Crippen molar-refractivity contribution in [3.05, 3.63) is 53.6 Å². The minimum atomic E-state index is -0.785. The van der Waals surface area contributed by atoms with Crippen molar-refractivity contribution < 1.29 is 32.6 Å². The number of hydrogen-bond donors (Lipinski definition) is 1. The predicted octanol–water partition coefficient (Wildman–Crippen LogP) is 3.67. The molecular formula is C30H37F2N5O5S. The summed E-state index contributed by atoms with van der Waals surface area (Å²) in [5.74, 6) is -1.65. The van der Waals surface area contributed by atoms with E-state index >= 15 is 8.78 Å². The van der Waals surface area contributed by atoms with Crippen LogP contribution in [-0.2, 0) is 25.4 Å². The molecule has 3 saturated heterocycles. The molecule has 3 heterocycles. The normalized spacial score (nSPS) is 19.3. The minimum absolute atomic E-state index is 0.0799. The molecule has 43 heavy (non-hydrogen) atoms. The number of amides is 2. The quantitative estimate of drug-likeness (QED) is 0.424. The number of cyclic esters (lactones) is 1. The van der Waals surface area contributed by atoms with E-state index in [2.05, 4.69) is 22.5 Å². The fourth-order valence-corrected chi connectivity index (χ4v) is 5.64. The highest BCUT2D eigenvalue weighted by molar-refractivity contribution is 7.80. The summed E-state index contributed by atoms with van der Waals surface area (Å²) in [4.78, 5) is 30.5. The largest absolute Gasteiger partial charge is 0.490 e. The molecule has 3 fully saturated rings. The van der Waals surface area contributed by atoms with Crippen molar-refractivity contribution in [1.29, 1.82) is 0 Å². The summed E-state index contributed by atoms with van der Waals surface area (Å²) in [5.41, 5.74) is 5.20. The van der Waals surface area contributed by atoms with Crippen LogP contribution >= 0.6 is 12.2 Å². The van der Waals surface area contributed by atoms with E-state index in [0.717, 1.165) is 49.7 Å². The number of aryl methyl sites for hydroxylation is 1. The molecule has 10 nitrogen and oxygen atoms in total. The number of carbonyl (C=O) groups is 2. The van der Waals surface area contributed by atoms with E-state index in [1.807, 2.05) is 12.1 Å². The average Bonchev–Trinajstić information content (AvgIpc) is 3.22. The highest BCUT2D eigenvalue weighted by Gasteiger charge is 2.34. The van der Waals surface area contributed by atoms with Crippen molar-refractivity contribution in [3.63, 3.8) is 0 Å². The highest BCUT2D eigenvalue weighted by Crippen LogP contribution is 2.32. The molecule has 2 aromatic rings. The van der Waals surface area contributed by atoms with Gasteiger partial charge in [-0.05, 0) is 42.8 Å². The van der Waals surface area contributed by atoms with Crippen molar-refractivity contribution in [1.82, 2.24) is 10.4 Å². The van der Waals surface area contributed by atoms with Crippen molar-refractivity contribution in [2.45, 2.75) is 31.8 Å². The first kappa shape index (κ1) is 30.9. The lowest BCUT2D eigenvalue weighted by Crippen LogP contribution is -2.43. The summed E-state index contributed by atoms with van der Waals surface area (Å²) < 4.78 is 46.4. The lowest BCUT2D eigenvalue weighted by Gasteiger charge is -2.29. The predicted molar refractivity (Wildman–Crippen MR) is 163 cm³/mol. The van der Waals surface area contributed by atoms with E-state index in [1.165, 1.54) is 17.0 Å². The minimum Gasteiger partial charge on any atom is -0.490 e. The molecule has 232 valence electrons. The van der Waals surface area contributed by atoms with E-state index in [1.54, 1.807) is 4.90 Å². The van der Waals surface area contributed by atoms with Gasteiger partial charge in [-0.3, -0.25) is 14.7 Å². The van der Waals surface area contributed by atoms with Crippen molar-refractivity contribution >= 4 is 46.3 Å². The number of nitrogens with zero attached hydrogens (tertiary/aromatic N) is 4. The van der Waals surface area contributed by atoms with Gasteiger partial charge in [0.25, 0.3) is 0 Å². The van der Waals surface area contributed by atoms with Crippen LogP contribution in [0.5, 0.6) is 0 Å². The second kappa shape index (κ2) is 14.3. The number of benzene rings is 2. The van der Waals surface area contributed by atoms with Crippen LogP contribution in [0.1, 0.15) is 24.8 Å². The zero-order chi connectivity index (χ0) is 30.3. The van der Waals surface area contributed by atoms with Crippen LogP contribution in [-0.4, -0.2) is 94.3 Å². The lowest BCUT2D eigenvalue weighted by molar-refractivity contribution is -0.133. The lowest BCUT2D eigenvalue weighted by atomic mass is 10.1. The summed E-state index contributed by atoms with van der Waals surface area (Å²) in [5, 5.41) is 1.93. The Morgan fingerprint density at radius 3 is 2.42 bits per heavy atom. The maximum absolute atomic E-state index is 15.3. The molecule has 0 spiro atoms. The first-order valence-electron chi connectivity index (χ1n) is 14.6. The molecule has 2 aromatic carbocycles. The number of carbonyl (C=O) groups excluding carboxylic acids is 2. The van der Waals surface area contributed by atoms with Crippen LogP contribution < -0.4 is 20.1 Å². The third-order valence-electron chi connectivity index (χ3n) is 7.92. The molecule has 0 bridgehead atoms. The highest BCUT2D eigenvalue weighted by atomic mass is 32.1. The summed E-state index contributed by atoms with van der Waals surface area (Å²) in [6, 6.07) is 10.5. The molecule has 2 amide bonds. The Balaban J connectivity index is 1.14. The number of halogens is 2. The van der Waals surface area contributed by atoms with Gasteiger partial charge in [0.1, 0.15) is 11.8 Å². The molecule has 0 saturated carbocycles. The van der Waals surface area contributed by atoms with Gasteiger partial charge < -0.3 is 24.0 Å². The third kappa shape index (κ3) is 7.70. The number of nitrogens with one attached hydrogen (secondary N) is 1. The maximum Gasteiger partial charge on any atom is 0.414 e. The van der Waals surface area contributed by atoms with E-state index in [-0.39, 0.29) is 36.9 Å². The van der Waals surface area contributed by atoms with Crippen LogP contribution in [0.15, 0.2) is 36.4 Å². The van der Waals surface area contributed by atoms with Gasteiger partial charge in [0.15, 0.2) is 16.7 Å². The summed E-state index contributed by atoms with van der Waals surface area (Å²) in [6.07, 6.45) is 0.667. The SMILES string of the molecule is COC(=S)CC[C@H]1CN(c2cc(F)c(N3CCNN(C(=O)CCc4ccc(N5CCOCC5)cc4)CC3)c(F)c2)C(=O)O1. The Bertz CT molecular complexity index is 1290. The van der Waals surface area contributed by atoms with E-state index < -0.39 is 23.8 Å². The molecule has 5 rings (SSSR count). The van der Waals surface area contributed by atoms with Gasteiger partial charge in [-0.1, -0.05) is 12.1 Å². The fourth-order valence-electron chi connectivity index (χ4n) is 5.52. The number of ether oxygens (including phenoxy) is 3. The number of anilines is 3. The topological polar surface area (TPSA) is 86.8 Å². The zero-order valence-electron chi connectivity index (χ0n) is 24.2. The Kier molecular flexibility index (Phi) is 10.3. The molecular weight excluding hydrogens is 580 g/mol. The van der Waals surface area contributed by atoms with Gasteiger partial charge in [0, 0.05) is 63.4 Å². The number of thiocarbonyl (C=S) groups is 1. The van der Waals surface area contributed by atoms with Gasteiger partial charge in [0.05, 0.1) is 39.1 Å². The summed E-state index contributed by atoms with van der Waals surface area (Å²) in [7, 11) is 1.48. The standard InChI is InChI=1S/C30H37F2N5O5S/c1-40-28(43)9-7-24-20-36(30(39)42-24)23-18-25(31)29(26(32)19-23)35-11-10-33-37(13-12-35)27(38)8-4-21-2-5-22(6-3-21)34-14-16-41-17-15-34/h2-3,5-6,18-19,24,33H,4,7-17,20H2,1H3/t24-/m0/s1. The van der Waals surface area contributed by atoms with Gasteiger partial charge >= 0.3 is 6.09 Å². The molecule has 3 aliphatic rings. The smallest absolute Gasteiger partial charge is 0.414 e. The number of hydrogen-bond acceptors (Lipinski definition) is 9. The van der Waals surface area contributed by atoms with Gasteiger partial charge in [-0.15, -0.1) is 0 Å². The van der Waals surface area contributed by atoms with Crippen LogP contribution in [0.2, 0.25) is 0 Å². The summed E-state index contributed by atoms with van der Waals surface area (Å²) >= 11 is 5.03. The number of methoxy groups -OCH3 is 1. The van der Waals surface area contributed by atoms with Gasteiger partial charge in [0.2, 0.25) is 5.91 Å². The Morgan fingerprint density at radius 1 is 1.00 bits per heavy atom. The van der Waals surface area contributed by atoms with Gasteiger partial charge in [-0.25, -0.2) is 19.0 Å². The zero-order valence-corrected chi connectivity index (χ0v) is 25.0. The number of rotatable bonds is 9. The molecule has 1 N–H and O–H groups in total. The van der Waals surface area contributed by atoms with Crippen LogP contribution in [0, 0.1) is 11.6 Å². The molecule has 0 aliphatic carbocycles. The number of morpholine rings is 1. The Labute approximate surface area is 255 Å². The van der Waals surface area contributed by atoms with Crippen molar-refractivity contribution in [2.75, 3.05) is 80.8 Å². The van der Waals surface area contributed by atoms with Gasteiger partial charge in [-0.2, -0.15) is 0 Å². The average molecular weight is 618 g/mol. The molecule has 1 atom stereocenters. The maximum atomic E-state index is 15.3. The number of hydrazine groups is 1. The molecule has 0 radical (unpaired) electrons.